The van der Waals surface area contributed by atoms with Crippen LogP contribution in [0.5, 0.6) is 0 Å². The molecule has 5 rings (SSSR count). The van der Waals surface area contributed by atoms with E-state index < -0.39 is 0 Å². The molecule has 3 aromatic carbocycles. The Morgan fingerprint density at radius 2 is 1.66 bits per heavy atom. The topological polar surface area (TPSA) is 71.8 Å². The summed E-state index contributed by atoms with van der Waals surface area (Å²) in [7, 11) is 0. The summed E-state index contributed by atoms with van der Waals surface area (Å²) in [6.07, 6.45) is 2.07. The Morgan fingerprint density at radius 1 is 0.938 bits per heavy atom. The van der Waals surface area contributed by atoms with Crippen LogP contribution in [0.2, 0.25) is 10.0 Å². The molecule has 2 N–H and O–H groups in total. The van der Waals surface area contributed by atoms with Crippen LogP contribution in [0.15, 0.2) is 84.9 Å². The molecule has 1 atom stereocenters. The van der Waals surface area contributed by atoms with E-state index in [1.165, 1.54) is 0 Å². The quantitative estimate of drug-likeness (QED) is 0.397. The number of hydrogen-bond acceptors (Lipinski definition) is 4. The summed E-state index contributed by atoms with van der Waals surface area (Å²) in [4.78, 5) is 17.2. The molecule has 158 valence electrons. The molecule has 0 saturated carbocycles. The van der Waals surface area contributed by atoms with Gasteiger partial charge in [0.2, 0.25) is 5.95 Å². The molecule has 6 nitrogen and oxygen atoms in total. The second-order valence-corrected chi connectivity index (χ2v) is 8.05. The fraction of sp³-hybridized carbons (Fsp3) is 0.0417. The lowest BCUT2D eigenvalue weighted by atomic mass is 10.0. The largest absolute Gasteiger partial charge is 0.324 e. The lowest BCUT2D eigenvalue weighted by molar-refractivity contribution is 0.102. The predicted molar refractivity (Wildman–Crippen MR) is 127 cm³/mol. The monoisotopic (exact) mass is 461 g/mol. The number of nitrogens with one attached hydrogen (secondary N) is 2. The Balaban J connectivity index is 1.52. The van der Waals surface area contributed by atoms with E-state index in [-0.39, 0.29) is 17.9 Å². The molecule has 0 fully saturated rings. The van der Waals surface area contributed by atoms with E-state index in [4.69, 9.17) is 23.2 Å². The molecule has 1 amide bonds. The van der Waals surface area contributed by atoms with Crippen LogP contribution < -0.4 is 10.6 Å². The highest BCUT2D eigenvalue weighted by Gasteiger charge is 2.26. The normalized spacial score (nSPS) is 14.8. The van der Waals surface area contributed by atoms with Crippen molar-refractivity contribution in [1.29, 1.82) is 0 Å². The number of hydrogen-bond donors (Lipinski definition) is 2. The van der Waals surface area contributed by atoms with Gasteiger partial charge in [-0.3, -0.25) is 10.1 Å². The molecular weight excluding hydrogens is 445 g/mol. The number of allylic oxidation sites excluding steroid dienone is 1. The fourth-order valence-corrected chi connectivity index (χ4v) is 3.89. The lowest BCUT2D eigenvalue weighted by Crippen LogP contribution is -2.20. The first kappa shape index (κ1) is 20.3. The van der Waals surface area contributed by atoms with Crippen molar-refractivity contribution >= 4 is 46.7 Å². The van der Waals surface area contributed by atoms with Crippen LogP contribution in [-0.4, -0.2) is 20.7 Å². The van der Waals surface area contributed by atoms with Crippen molar-refractivity contribution in [2.24, 2.45) is 0 Å². The summed E-state index contributed by atoms with van der Waals surface area (Å²) < 4.78 is 1.73. The third-order valence-corrected chi connectivity index (χ3v) is 5.69. The van der Waals surface area contributed by atoms with Crippen molar-refractivity contribution < 1.29 is 4.79 Å². The predicted octanol–water partition coefficient (Wildman–Crippen LogP) is 5.89. The van der Waals surface area contributed by atoms with Crippen LogP contribution in [-0.2, 0) is 0 Å². The molecule has 0 bridgehead atoms. The van der Waals surface area contributed by atoms with Gasteiger partial charge in [0, 0.05) is 10.7 Å². The molecule has 1 aliphatic rings. The van der Waals surface area contributed by atoms with E-state index in [0.717, 1.165) is 16.8 Å². The van der Waals surface area contributed by atoms with Crippen molar-refractivity contribution in [3.05, 3.63) is 112 Å². The van der Waals surface area contributed by atoms with Crippen molar-refractivity contribution in [2.45, 2.75) is 6.04 Å². The number of carbonyl (C=O) groups is 1. The molecule has 0 aliphatic carbocycles. The van der Waals surface area contributed by atoms with E-state index in [0.29, 0.717) is 21.6 Å². The maximum Gasteiger partial charge on any atom is 0.259 e. The van der Waals surface area contributed by atoms with Crippen molar-refractivity contribution in [3.8, 4) is 0 Å². The van der Waals surface area contributed by atoms with E-state index in [1.807, 2.05) is 54.6 Å². The molecular formula is C24H17Cl2N5O. The van der Waals surface area contributed by atoms with Crippen LogP contribution >= 0.6 is 23.2 Å². The molecule has 32 heavy (non-hydrogen) atoms. The van der Waals surface area contributed by atoms with E-state index in [9.17, 15) is 4.79 Å². The Bertz CT molecular complexity index is 1320. The Kier molecular flexibility index (Phi) is 5.39. The van der Waals surface area contributed by atoms with Crippen LogP contribution in [0.1, 0.15) is 27.5 Å². The first-order chi connectivity index (χ1) is 15.6. The lowest BCUT2D eigenvalue weighted by Gasteiger charge is -2.24. The number of fused-ring (bicyclic) bond motifs is 1. The summed E-state index contributed by atoms with van der Waals surface area (Å²) in [5, 5.41) is 11.6. The van der Waals surface area contributed by atoms with E-state index >= 15 is 0 Å². The Hall–Kier alpha value is -3.61. The average Bonchev–Trinajstić information content (AvgIpc) is 3.22. The number of halogens is 2. The SMILES string of the molecule is O=C(Nc1nc2n(n1)[C@H](c1ccc(Cl)cc1)C=C(c1ccccc1)N2)c1ccccc1Cl. The van der Waals surface area contributed by atoms with Gasteiger partial charge in [-0.2, -0.15) is 4.98 Å². The van der Waals surface area contributed by atoms with Gasteiger partial charge >= 0.3 is 0 Å². The van der Waals surface area contributed by atoms with E-state index in [2.05, 4.69) is 26.8 Å². The van der Waals surface area contributed by atoms with Gasteiger partial charge in [0.1, 0.15) is 6.04 Å². The zero-order valence-corrected chi connectivity index (χ0v) is 18.2. The summed E-state index contributed by atoms with van der Waals surface area (Å²) in [5.74, 6) is 0.317. The number of carbonyl (C=O) groups excluding carboxylic acids is 1. The Morgan fingerprint density at radius 3 is 2.41 bits per heavy atom. The van der Waals surface area contributed by atoms with Crippen LogP contribution in [0, 0.1) is 0 Å². The molecule has 1 aromatic heterocycles. The summed E-state index contributed by atoms with van der Waals surface area (Å²) in [6, 6.07) is 24.1. The van der Waals surface area contributed by atoms with Gasteiger partial charge in [-0.25, -0.2) is 4.68 Å². The molecule has 8 heteroatoms. The number of benzene rings is 3. The molecule has 0 unspecified atom stereocenters. The first-order valence-corrected chi connectivity index (χ1v) is 10.7. The number of aromatic nitrogens is 3. The smallest absolute Gasteiger partial charge is 0.259 e. The van der Waals surface area contributed by atoms with Crippen molar-refractivity contribution in [3.63, 3.8) is 0 Å². The van der Waals surface area contributed by atoms with E-state index in [1.54, 1.807) is 28.9 Å². The summed E-state index contributed by atoms with van der Waals surface area (Å²) in [6.45, 7) is 0. The maximum atomic E-state index is 12.7. The minimum Gasteiger partial charge on any atom is -0.324 e. The standard InChI is InChI=1S/C24H17Cl2N5O/c25-17-12-10-16(11-13-17)21-14-20(15-6-2-1-3-7-15)27-24-29-23(30-31(21)24)28-22(32)18-8-4-5-9-19(18)26/h1-14,21H,(H2,27,28,29,30,32)/t21-/m0/s1. The van der Waals surface area contributed by atoms with Gasteiger partial charge in [-0.1, -0.05) is 77.8 Å². The van der Waals surface area contributed by atoms with Gasteiger partial charge in [-0.05, 0) is 41.5 Å². The highest BCUT2D eigenvalue weighted by molar-refractivity contribution is 6.34. The highest BCUT2D eigenvalue weighted by atomic mass is 35.5. The van der Waals surface area contributed by atoms with Gasteiger partial charge in [0.05, 0.1) is 10.6 Å². The fourth-order valence-electron chi connectivity index (χ4n) is 3.54. The zero-order chi connectivity index (χ0) is 22.1. The Labute approximate surface area is 194 Å². The molecule has 1 aliphatic heterocycles. The zero-order valence-electron chi connectivity index (χ0n) is 16.7. The number of amides is 1. The number of rotatable bonds is 4. The molecule has 4 aromatic rings. The average molecular weight is 462 g/mol. The van der Waals surface area contributed by atoms with Crippen molar-refractivity contribution in [2.75, 3.05) is 10.6 Å². The molecule has 0 radical (unpaired) electrons. The molecule has 2 heterocycles. The first-order valence-electron chi connectivity index (χ1n) is 9.90. The number of anilines is 2. The minimum absolute atomic E-state index is 0.180. The highest BCUT2D eigenvalue weighted by Crippen LogP contribution is 2.33. The van der Waals surface area contributed by atoms with Gasteiger partial charge in [-0.15, -0.1) is 5.10 Å². The number of nitrogens with zero attached hydrogens (tertiary/aromatic N) is 3. The van der Waals surface area contributed by atoms with Crippen LogP contribution in [0.3, 0.4) is 0 Å². The minimum atomic E-state index is -0.377. The van der Waals surface area contributed by atoms with Crippen molar-refractivity contribution in [1.82, 2.24) is 14.8 Å². The van der Waals surface area contributed by atoms with Crippen LogP contribution in [0.25, 0.3) is 5.70 Å². The van der Waals surface area contributed by atoms with Gasteiger partial charge < -0.3 is 5.32 Å². The second kappa shape index (κ2) is 8.49. The second-order valence-electron chi connectivity index (χ2n) is 7.21. The third kappa shape index (κ3) is 3.98. The summed E-state index contributed by atoms with van der Waals surface area (Å²) >= 11 is 12.2. The molecule has 0 saturated heterocycles. The van der Waals surface area contributed by atoms with Gasteiger partial charge in [0.25, 0.3) is 11.9 Å². The maximum absolute atomic E-state index is 12.7. The van der Waals surface area contributed by atoms with Crippen LogP contribution in [0.4, 0.5) is 11.9 Å². The summed E-state index contributed by atoms with van der Waals surface area (Å²) in [5.41, 5.74) is 3.25. The third-order valence-electron chi connectivity index (χ3n) is 5.11. The molecule has 0 spiro atoms. The van der Waals surface area contributed by atoms with Gasteiger partial charge in [0.15, 0.2) is 0 Å².